The van der Waals surface area contributed by atoms with Crippen LogP contribution in [-0.2, 0) is 19.1 Å². The third kappa shape index (κ3) is 3.41. The molecule has 0 aromatic heterocycles. The average molecular weight is 258 g/mol. The summed E-state index contributed by atoms with van der Waals surface area (Å²) in [6.45, 7) is 2.92. The number of carbonyl (C=O) groups excluding carboxylic acids is 1. The molecule has 2 saturated heterocycles. The zero-order valence-corrected chi connectivity index (χ0v) is 10.1. The number of amides is 1. The first kappa shape index (κ1) is 13.3. The van der Waals surface area contributed by atoms with Crippen LogP contribution in [0.4, 0.5) is 0 Å². The quantitative estimate of drug-likeness (QED) is 0.652. The van der Waals surface area contributed by atoms with Crippen LogP contribution in [-0.4, -0.2) is 73.5 Å². The third-order valence-electron chi connectivity index (χ3n) is 3.10. The molecule has 2 aliphatic rings. The summed E-state index contributed by atoms with van der Waals surface area (Å²) in [6, 6.07) is 0. The Kier molecular flexibility index (Phi) is 4.51. The van der Waals surface area contributed by atoms with Crippen LogP contribution in [0.2, 0.25) is 0 Å². The summed E-state index contributed by atoms with van der Waals surface area (Å²) < 4.78 is 10.5. The second-order valence-electron chi connectivity index (χ2n) is 4.44. The summed E-state index contributed by atoms with van der Waals surface area (Å²) >= 11 is 0. The molecule has 0 aliphatic carbocycles. The van der Waals surface area contributed by atoms with Crippen molar-refractivity contribution < 1.29 is 24.2 Å². The predicted octanol–water partition coefficient (Wildman–Crippen LogP) is -1.32. The monoisotopic (exact) mass is 258 g/mol. The molecule has 2 N–H and O–H groups in total. The highest BCUT2D eigenvalue weighted by Gasteiger charge is 2.30. The van der Waals surface area contributed by atoms with Crippen molar-refractivity contribution >= 4 is 11.9 Å². The molecule has 102 valence electrons. The van der Waals surface area contributed by atoms with E-state index >= 15 is 0 Å². The first-order chi connectivity index (χ1) is 8.66. The van der Waals surface area contributed by atoms with E-state index in [0.717, 1.165) is 6.54 Å². The van der Waals surface area contributed by atoms with E-state index < -0.39 is 12.1 Å². The van der Waals surface area contributed by atoms with E-state index in [-0.39, 0.29) is 25.2 Å². The van der Waals surface area contributed by atoms with Gasteiger partial charge in [-0.3, -0.25) is 4.79 Å². The number of rotatable bonds is 3. The number of carboxylic acid groups (broad SMARTS) is 1. The standard InChI is InChI=1S/C11H18N2O5/c14-10(5-8-6-12-1-3-17-8)13-2-4-18-9(7-13)11(15)16/h8-9,12H,1-7H2,(H,15,16). The highest BCUT2D eigenvalue weighted by molar-refractivity contribution is 5.79. The van der Waals surface area contributed by atoms with E-state index in [2.05, 4.69) is 5.32 Å². The SMILES string of the molecule is O=C(O)C1CN(C(=O)CC2CNCCO2)CCO1. The van der Waals surface area contributed by atoms with Gasteiger partial charge < -0.3 is 24.8 Å². The molecule has 0 aromatic carbocycles. The van der Waals surface area contributed by atoms with E-state index in [1.54, 1.807) is 4.90 Å². The average Bonchev–Trinajstić information content (AvgIpc) is 2.40. The normalized spacial score (nSPS) is 29.0. The Morgan fingerprint density at radius 2 is 2.17 bits per heavy atom. The third-order valence-corrected chi connectivity index (χ3v) is 3.10. The molecular weight excluding hydrogens is 240 g/mol. The lowest BCUT2D eigenvalue weighted by molar-refractivity contribution is -0.160. The predicted molar refractivity (Wildman–Crippen MR) is 61.2 cm³/mol. The molecule has 0 saturated carbocycles. The molecule has 0 bridgehead atoms. The van der Waals surface area contributed by atoms with Gasteiger partial charge in [0.25, 0.3) is 0 Å². The van der Waals surface area contributed by atoms with Crippen LogP contribution in [0.1, 0.15) is 6.42 Å². The smallest absolute Gasteiger partial charge is 0.334 e. The lowest BCUT2D eigenvalue weighted by atomic mass is 10.2. The zero-order valence-electron chi connectivity index (χ0n) is 10.1. The van der Waals surface area contributed by atoms with Gasteiger partial charge in [0.15, 0.2) is 6.10 Å². The van der Waals surface area contributed by atoms with Crippen molar-refractivity contribution in [2.45, 2.75) is 18.6 Å². The molecule has 0 aromatic rings. The van der Waals surface area contributed by atoms with Crippen LogP contribution in [0.5, 0.6) is 0 Å². The molecule has 2 unspecified atom stereocenters. The summed E-state index contributed by atoms with van der Waals surface area (Å²) in [4.78, 5) is 24.4. The lowest BCUT2D eigenvalue weighted by Gasteiger charge is -2.32. The fourth-order valence-corrected chi connectivity index (χ4v) is 2.10. The highest BCUT2D eigenvalue weighted by Crippen LogP contribution is 2.10. The van der Waals surface area contributed by atoms with Gasteiger partial charge in [0.2, 0.25) is 5.91 Å². The van der Waals surface area contributed by atoms with Crippen molar-refractivity contribution in [1.29, 1.82) is 0 Å². The number of hydrogen-bond acceptors (Lipinski definition) is 5. The Morgan fingerprint density at radius 1 is 1.33 bits per heavy atom. The van der Waals surface area contributed by atoms with Crippen LogP contribution >= 0.6 is 0 Å². The van der Waals surface area contributed by atoms with Crippen molar-refractivity contribution in [2.24, 2.45) is 0 Å². The maximum absolute atomic E-state index is 12.0. The zero-order chi connectivity index (χ0) is 13.0. The van der Waals surface area contributed by atoms with Gasteiger partial charge in [-0.15, -0.1) is 0 Å². The van der Waals surface area contributed by atoms with Gasteiger partial charge >= 0.3 is 5.97 Å². The second kappa shape index (κ2) is 6.12. The number of carbonyl (C=O) groups is 2. The molecule has 0 radical (unpaired) electrons. The Bertz CT molecular complexity index is 317. The topological polar surface area (TPSA) is 88.1 Å². The molecule has 1 amide bonds. The van der Waals surface area contributed by atoms with Crippen molar-refractivity contribution in [3.05, 3.63) is 0 Å². The van der Waals surface area contributed by atoms with Crippen molar-refractivity contribution in [3.8, 4) is 0 Å². The van der Waals surface area contributed by atoms with Crippen LogP contribution in [0, 0.1) is 0 Å². The summed E-state index contributed by atoms with van der Waals surface area (Å²) in [5.41, 5.74) is 0. The van der Waals surface area contributed by atoms with Crippen molar-refractivity contribution in [1.82, 2.24) is 10.2 Å². The number of aliphatic carboxylic acids is 1. The Balaban J connectivity index is 1.82. The van der Waals surface area contributed by atoms with Crippen LogP contribution < -0.4 is 5.32 Å². The molecule has 7 nitrogen and oxygen atoms in total. The largest absolute Gasteiger partial charge is 0.479 e. The number of nitrogens with zero attached hydrogens (tertiary/aromatic N) is 1. The number of morpholine rings is 2. The Morgan fingerprint density at radius 3 is 2.83 bits per heavy atom. The number of nitrogens with one attached hydrogen (secondary N) is 1. The summed E-state index contributed by atoms with van der Waals surface area (Å²) in [7, 11) is 0. The summed E-state index contributed by atoms with van der Waals surface area (Å²) in [5, 5.41) is 12.0. The van der Waals surface area contributed by atoms with Gasteiger partial charge in [-0.2, -0.15) is 0 Å². The molecule has 2 heterocycles. The number of carboxylic acids is 1. The molecule has 2 atom stereocenters. The maximum atomic E-state index is 12.0. The van der Waals surface area contributed by atoms with E-state index in [4.69, 9.17) is 14.6 Å². The van der Waals surface area contributed by atoms with Crippen molar-refractivity contribution in [2.75, 3.05) is 39.4 Å². The molecule has 2 aliphatic heterocycles. The maximum Gasteiger partial charge on any atom is 0.334 e. The van der Waals surface area contributed by atoms with Gasteiger partial charge in [0.05, 0.1) is 32.3 Å². The van der Waals surface area contributed by atoms with E-state index in [9.17, 15) is 9.59 Å². The van der Waals surface area contributed by atoms with Gasteiger partial charge in [-0.25, -0.2) is 4.79 Å². The summed E-state index contributed by atoms with van der Waals surface area (Å²) in [5.74, 6) is -1.10. The first-order valence-electron chi connectivity index (χ1n) is 6.11. The van der Waals surface area contributed by atoms with Gasteiger partial charge in [-0.1, -0.05) is 0 Å². The van der Waals surface area contributed by atoms with Gasteiger partial charge in [-0.05, 0) is 0 Å². The van der Waals surface area contributed by atoms with Crippen LogP contribution in [0.25, 0.3) is 0 Å². The fraction of sp³-hybridized carbons (Fsp3) is 0.818. The van der Waals surface area contributed by atoms with Crippen molar-refractivity contribution in [3.63, 3.8) is 0 Å². The van der Waals surface area contributed by atoms with Crippen LogP contribution in [0.3, 0.4) is 0 Å². The highest BCUT2D eigenvalue weighted by atomic mass is 16.5. The minimum Gasteiger partial charge on any atom is -0.479 e. The first-order valence-corrected chi connectivity index (χ1v) is 6.11. The molecule has 2 rings (SSSR count). The number of ether oxygens (including phenoxy) is 2. The molecule has 2 fully saturated rings. The molecule has 0 spiro atoms. The minimum absolute atomic E-state index is 0.0711. The van der Waals surface area contributed by atoms with E-state index in [0.29, 0.717) is 26.1 Å². The molecular formula is C11H18N2O5. The van der Waals surface area contributed by atoms with E-state index in [1.807, 2.05) is 0 Å². The summed E-state index contributed by atoms with van der Waals surface area (Å²) in [6.07, 6.45) is -0.732. The fourth-order valence-electron chi connectivity index (χ4n) is 2.10. The lowest BCUT2D eigenvalue weighted by Crippen LogP contribution is -2.50. The van der Waals surface area contributed by atoms with Crippen LogP contribution in [0.15, 0.2) is 0 Å². The molecule has 7 heteroatoms. The second-order valence-corrected chi connectivity index (χ2v) is 4.44. The van der Waals surface area contributed by atoms with Gasteiger partial charge in [0, 0.05) is 19.6 Å². The minimum atomic E-state index is -1.02. The van der Waals surface area contributed by atoms with E-state index in [1.165, 1.54) is 0 Å². The molecule has 18 heavy (non-hydrogen) atoms. The Hall–Kier alpha value is -1.18. The Labute approximate surface area is 105 Å². The van der Waals surface area contributed by atoms with Gasteiger partial charge in [0.1, 0.15) is 0 Å². The number of hydrogen-bond donors (Lipinski definition) is 2.